The molecule has 2 nitrogen and oxygen atoms in total. The number of benzene rings is 2. The summed E-state index contributed by atoms with van der Waals surface area (Å²) in [4.78, 5) is 2.10. The van der Waals surface area contributed by atoms with Crippen molar-refractivity contribution in [3.05, 3.63) is 53.1 Å². The molecule has 0 aliphatic carbocycles. The van der Waals surface area contributed by atoms with Crippen LogP contribution in [0.3, 0.4) is 0 Å². The Morgan fingerprint density at radius 1 is 1.00 bits per heavy atom. The van der Waals surface area contributed by atoms with Crippen LogP contribution in [0.4, 0.5) is 5.69 Å². The van der Waals surface area contributed by atoms with Gasteiger partial charge in [-0.2, -0.15) is 0 Å². The molecule has 1 N–H and O–H groups in total. The second kappa shape index (κ2) is 7.48. The number of hydrogen-bond donors (Lipinski definition) is 1. The Hall–Kier alpha value is -1.51. The molecule has 0 aromatic heterocycles. The molecule has 0 aliphatic heterocycles. The lowest BCUT2D eigenvalue weighted by molar-refractivity contribution is 0.676. The summed E-state index contributed by atoms with van der Waals surface area (Å²) < 4.78 is 0. The maximum absolute atomic E-state index is 6.28. The van der Waals surface area contributed by atoms with Gasteiger partial charge in [0.25, 0.3) is 0 Å². The number of anilines is 1. The Morgan fingerprint density at radius 3 is 2.29 bits per heavy atom. The highest BCUT2D eigenvalue weighted by atomic mass is 35.5. The fraction of sp³-hybridized carbons (Fsp3) is 0.333. The molecule has 0 saturated carbocycles. The zero-order valence-corrected chi connectivity index (χ0v) is 13.7. The van der Waals surface area contributed by atoms with Crippen LogP contribution in [0.15, 0.2) is 42.5 Å². The van der Waals surface area contributed by atoms with E-state index in [1.54, 1.807) is 0 Å². The molecule has 3 heteroatoms. The zero-order valence-electron chi connectivity index (χ0n) is 13.0. The standard InChI is InChI=1S/C18H23ClN2/c1-4-11-20-13-16-12-15(7-10-18(16)19)14-5-8-17(9-6-14)21(2)3/h5-10,12,20H,4,11,13H2,1-3H3. The van der Waals surface area contributed by atoms with Gasteiger partial charge in [0.1, 0.15) is 0 Å². The summed E-state index contributed by atoms with van der Waals surface area (Å²) in [7, 11) is 4.10. The fourth-order valence-electron chi connectivity index (χ4n) is 2.24. The normalized spacial score (nSPS) is 10.7. The summed E-state index contributed by atoms with van der Waals surface area (Å²) in [5.74, 6) is 0. The molecule has 2 rings (SSSR count). The van der Waals surface area contributed by atoms with Crippen molar-refractivity contribution < 1.29 is 0 Å². The molecule has 21 heavy (non-hydrogen) atoms. The first-order valence-corrected chi connectivity index (χ1v) is 7.76. The molecule has 0 amide bonds. The Labute approximate surface area is 132 Å². The number of halogens is 1. The maximum atomic E-state index is 6.28. The van der Waals surface area contributed by atoms with Gasteiger partial charge in [-0.15, -0.1) is 0 Å². The third-order valence-corrected chi connectivity index (χ3v) is 3.87. The molecule has 2 aromatic carbocycles. The number of rotatable bonds is 6. The van der Waals surface area contributed by atoms with E-state index in [0.29, 0.717) is 0 Å². The van der Waals surface area contributed by atoms with Crippen LogP contribution in [0.5, 0.6) is 0 Å². The van der Waals surface area contributed by atoms with E-state index in [-0.39, 0.29) is 0 Å². The lowest BCUT2D eigenvalue weighted by Crippen LogP contribution is -2.14. The van der Waals surface area contributed by atoms with E-state index in [2.05, 4.69) is 67.6 Å². The first-order valence-electron chi connectivity index (χ1n) is 7.38. The Kier molecular flexibility index (Phi) is 5.66. The van der Waals surface area contributed by atoms with E-state index in [9.17, 15) is 0 Å². The molecular weight excluding hydrogens is 280 g/mol. The molecule has 0 bridgehead atoms. The summed E-state index contributed by atoms with van der Waals surface area (Å²) in [6.45, 7) is 3.99. The molecule has 0 saturated heterocycles. The third-order valence-electron chi connectivity index (χ3n) is 3.50. The third kappa shape index (κ3) is 4.23. The highest BCUT2D eigenvalue weighted by Gasteiger charge is 2.04. The van der Waals surface area contributed by atoms with Crippen molar-refractivity contribution in [2.45, 2.75) is 19.9 Å². The molecule has 0 unspecified atom stereocenters. The van der Waals surface area contributed by atoms with Crippen molar-refractivity contribution >= 4 is 17.3 Å². The van der Waals surface area contributed by atoms with Crippen LogP contribution in [-0.2, 0) is 6.54 Å². The molecular formula is C18H23ClN2. The highest BCUT2D eigenvalue weighted by molar-refractivity contribution is 6.31. The molecule has 0 heterocycles. The molecule has 112 valence electrons. The summed E-state index contributed by atoms with van der Waals surface area (Å²) >= 11 is 6.28. The van der Waals surface area contributed by atoms with E-state index >= 15 is 0 Å². The van der Waals surface area contributed by atoms with Crippen molar-refractivity contribution in [2.75, 3.05) is 25.5 Å². The maximum Gasteiger partial charge on any atom is 0.0451 e. The minimum atomic E-state index is 0.816. The van der Waals surface area contributed by atoms with Gasteiger partial charge in [-0.1, -0.05) is 36.7 Å². The van der Waals surface area contributed by atoms with Crippen LogP contribution in [0.2, 0.25) is 5.02 Å². The van der Waals surface area contributed by atoms with Gasteiger partial charge >= 0.3 is 0 Å². The van der Waals surface area contributed by atoms with Gasteiger partial charge in [0, 0.05) is 31.4 Å². The Morgan fingerprint density at radius 2 is 1.67 bits per heavy atom. The van der Waals surface area contributed by atoms with Gasteiger partial charge in [0.05, 0.1) is 0 Å². The summed E-state index contributed by atoms with van der Waals surface area (Å²) in [5, 5.41) is 4.23. The van der Waals surface area contributed by atoms with Crippen LogP contribution in [0.1, 0.15) is 18.9 Å². The van der Waals surface area contributed by atoms with Gasteiger partial charge < -0.3 is 10.2 Å². The molecule has 2 aromatic rings. The smallest absolute Gasteiger partial charge is 0.0451 e. The number of nitrogens with zero attached hydrogens (tertiary/aromatic N) is 1. The minimum absolute atomic E-state index is 0.816. The average molecular weight is 303 g/mol. The minimum Gasteiger partial charge on any atom is -0.378 e. The quantitative estimate of drug-likeness (QED) is 0.786. The number of hydrogen-bond acceptors (Lipinski definition) is 2. The predicted molar refractivity (Wildman–Crippen MR) is 93.2 cm³/mol. The second-order valence-corrected chi connectivity index (χ2v) is 5.83. The van der Waals surface area contributed by atoms with Gasteiger partial charge in [-0.3, -0.25) is 0 Å². The summed E-state index contributed by atoms with van der Waals surface area (Å²) in [5.41, 5.74) is 4.78. The van der Waals surface area contributed by atoms with E-state index < -0.39 is 0 Å². The van der Waals surface area contributed by atoms with Crippen molar-refractivity contribution in [3.8, 4) is 11.1 Å². The van der Waals surface area contributed by atoms with Crippen molar-refractivity contribution in [3.63, 3.8) is 0 Å². The van der Waals surface area contributed by atoms with Crippen molar-refractivity contribution in [1.29, 1.82) is 0 Å². The van der Waals surface area contributed by atoms with Crippen LogP contribution < -0.4 is 10.2 Å². The van der Waals surface area contributed by atoms with Crippen LogP contribution in [0.25, 0.3) is 11.1 Å². The fourth-order valence-corrected chi connectivity index (χ4v) is 2.43. The first kappa shape index (κ1) is 15.9. The van der Waals surface area contributed by atoms with Gasteiger partial charge in [-0.05, 0) is 53.9 Å². The monoisotopic (exact) mass is 302 g/mol. The lowest BCUT2D eigenvalue weighted by Gasteiger charge is -2.13. The number of nitrogens with one attached hydrogen (secondary N) is 1. The van der Waals surface area contributed by atoms with E-state index in [4.69, 9.17) is 11.6 Å². The molecule has 0 fully saturated rings. The molecule has 0 atom stereocenters. The summed E-state index contributed by atoms with van der Waals surface area (Å²) in [6.07, 6.45) is 1.13. The molecule has 0 aliphatic rings. The van der Waals surface area contributed by atoms with E-state index in [1.165, 1.54) is 16.8 Å². The van der Waals surface area contributed by atoms with Gasteiger partial charge in [0.15, 0.2) is 0 Å². The van der Waals surface area contributed by atoms with Gasteiger partial charge in [0.2, 0.25) is 0 Å². The van der Waals surface area contributed by atoms with Crippen LogP contribution in [-0.4, -0.2) is 20.6 Å². The second-order valence-electron chi connectivity index (χ2n) is 5.42. The molecule has 0 spiro atoms. The van der Waals surface area contributed by atoms with Crippen molar-refractivity contribution in [1.82, 2.24) is 5.32 Å². The topological polar surface area (TPSA) is 15.3 Å². The highest BCUT2D eigenvalue weighted by Crippen LogP contribution is 2.26. The first-order chi connectivity index (χ1) is 10.1. The molecule has 0 radical (unpaired) electrons. The predicted octanol–water partition coefficient (Wildman–Crippen LogP) is 4.57. The Balaban J connectivity index is 2.21. The lowest BCUT2D eigenvalue weighted by atomic mass is 10.0. The summed E-state index contributed by atoms with van der Waals surface area (Å²) in [6, 6.07) is 14.8. The van der Waals surface area contributed by atoms with E-state index in [0.717, 1.165) is 30.1 Å². The Bertz CT molecular complexity index is 576. The largest absolute Gasteiger partial charge is 0.378 e. The SMILES string of the molecule is CCCNCc1cc(-c2ccc(N(C)C)cc2)ccc1Cl. The van der Waals surface area contributed by atoms with Crippen molar-refractivity contribution in [2.24, 2.45) is 0 Å². The van der Waals surface area contributed by atoms with Crippen LogP contribution >= 0.6 is 11.6 Å². The van der Waals surface area contributed by atoms with Crippen LogP contribution in [0, 0.1) is 0 Å². The van der Waals surface area contributed by atoms with Gasteiger partial charge in [-0.25, -0.2) is 0 Å². The zero-order chi connectivity index (χ0) is 15.2. The average Bonchev–Trinajstić information content (AvgIpc) is 2.49. The van der Waals surface area contributed by atoms with E-state index in [1.807, 2.05) is 6.07 Å².